The van der Waals surface area contributed by atoms with Crippen molar-refractivity contribution in [2.24, 2.45) is 0 Å². The summed E-state index contributed by atoms with van der Waals surface area (Å²) in [6.45, 7) is 5.91. The average Bonchev–Trinajstić information content (AvgIpc) is 3.60. The van der Waals surface area contributed by atoms with Crippen LogP contribution in [0.1, 0.15) is 47.3 Å². The molecular weight excluding hydrogens is 484 g/mol. The molecule has 3 aliphatic heterocycles. The zero-order chi connectivity index (χ0) is 26.3. The van der Waals surface area contributed by atoms with Gasteiger partial charge in [0.1, 0.15) is 17.8 Å². The second-order valence-electron chi connectivity index (χ2n) is 10.0. The Bertz CT molecular complexity index is 1390. The number of para-hydroxylation sites is 1. The van der Waals surface area contributed by atoms with E-state index in [2.05, 4.69) is 5.32 Å². The average molecular weight is 515 g/mol. The van der Waals surface area contributed by atoms with Gasteiger partial charge in [0.2, 0.25) is 12.7 Å². The van der Waals surface area contributed by atoms with Crippen LogP contribution >= 0.6 is 0 Å². The lowest BCUT2D eigenvalue weighted by atomic mass is 9.77. The Morgan fingerprint density at radius 1 is 1.00 bits per heavy atom. The van der Waals surface area contributed by atoms with Crippen LogP contribution in [0.15, 0.2) is 60.7 Å². The molecule has 0 fully saturated rings. The fourth-order valence-electron chi connectivity index (χ4n) is 5.36. The number of fused-ring (bicyclic) bond motifs is 5. The van der Waals surface area contributed by atoms with E-state index in [1.54, 1.807) is 12.1 Å². The first-order chi connectivity index (χ1) is 18.5. The van der Waals surface area contributed by atoms with Gasteiger partial charge in [-0.05, 0) is 55.7 Å². The van der Waals surface area contributed by atoms with Crippen LogP contribution in [0, 0.1) is 0 Å². The van der Waals surface area contributed by atoms with Gasteiger partial charge in [-0.1, -0.05) is 30.3 Å². The van der Waals surface area contributed by atoms with E-state index >= 15 is 0 Å². The third-order valence-electron chi connectivity index (χ3n) is 7.26. The molecule has 6 rings (SSSR count). The molecule has 3 aromatic rings. The molecule has 0 saturated heterocycles. The van der Waals surface area contributed by atoms with E-state index in [1.807, 2.05) is 67.3 Å². The summed E-state index contributed by atoms with van der Waals surface area (Å²) >= 11 is 0. The summed E-state index contributed by atoms with van der Waals surface area (Å²) in [7, 11) is 0. The third kappa shape index (κ3) is 4.05. The van der Waals surface area contributed by atoms with Gasteiger partial charge in [-0.25, -0.2) is 0 Å². The smallest absolute Gasteiger partial charge is 0.251 e. The maximum atomic E-state index is 14.1. The number of benzene rings is 3. The number of nitrogens with one attached hydrogen (secondary N) is 1. The van der Waals surface area contributed by atoms with Crippen molar-refractivity contribution in [2.45, 2.75) is 38.3 Å². The first kappa shape index (κ1) is 24.3. The molecule has 0 aromatic heterocycles. The first-order valence-electron chi connectivity index (χ1n) is 12.9. The molecule has 1 spiro atoms. The first-order valence-corrected chi connectivity index (χ1v) is 12.9. The normalized spacial score (nSPS) is 18.6. The number of carbonyl (C=O) groups excluding carboxylic acids is 2. The SMILES string of the molecule is CC(C)OCCCNC(=O)c1ccc(CN2C(=O)C3(COc4cc5c(cc43)OCO5)c3ccccc32)cc1. The standard InChI is InChI=1S/C30H30N2O6/c1-19(2)35-13-5-12-31-28(33)21-10-8-20(9-11-21)16-32-24-7-4-3-6-22(24)30(29(32)34)17-36-25-15-27-26(14-23(25)30)37-18-38-27/h3-4,6-11,14-15,19H,5,12-13,16-18H2,1-2H3,(H,31,33). The Morgan fingerprint density at radius 2 is 1.76 bits per heavy atom. The van der Waals surface area contributed by atoms with Crippen molar-refractivity contribution < 1.29 is 28.5 Å². The second-order valence-corrected chi connectivity index (χ2v) is 10.0. The summed E-state index contributed by atoms with van der Waals surface area (Å²) in [6.07, 6.45) is 0.942. The van der Waals surface area contributed by atoms with E-state index in [0.29, 0.717) is 42.5 Å². The molecule has 0 radical (unpaired) electrons. The second kappa shape index (κ2) is 9.68. The Kier molecular flexibility index (Phi) is 6.19. The van der Waals surface area contributed by atoms with E-state index < -0.39 is 5.41 Å². The number of hydrogen-bond donors (Lipinski definition) is 1. The molecule has 8 nitrogen and oxygen atoms in total. The number of ether oxygens (including phenoxy) is 4. The molecule has 3 aromatic carbocycles. The summed E-state index contributed by atoms with van der Waals surface area (Å²) in [5.41, 5.74) is 3.14. The molecule has 0 aliphatic carbocycles. The van der Waals surface area contributed by atoms with Gasteiger partial charge in [-0.15, -0.1) is 0 Å². The summed E-state index contributed by atoms with van der Waals surface area (Å²) in [5.74, 6) is 1.73. The van der Waals surface area contributed by atoms with E-state index in [9.17, 15) is 9.59 Å². The number of nitrogens with zero attached hydrogens (tertiary/aromatic N) is 1. The zero-order valence-electron chi connectivity index (χ0n) is 21.5. The highest BCUT2D eigenvalue weighted by Gasteiger charge is 2.57. The summed E-state index contributed by atoms with van der Waals surface area (Å²) in [6, 6.07) is 18.9. The Balaban J connectivity index is 1.20. The lowest BCUT2D eigenvalue weighted by Crippen LogP contribution is -2.42. The molecule has 1 unspecified atom stereocenters. The van der Waals surface area contributed by atoms with E-state index in [1.165, 1.54) is 0 Å². The van der Waals surface area contributed by atoms with E-state index in [-0.39, 0.29) is 31.3 Å². The molecule has 1 atom stereocenters. The number of anilines is 1. The van der Waals surface area contributed by atoms with Crippen molar-refractivity contribution in [3.05, 3.63) is 82.9 Å². The minimum atomic E-state index is -0.938. The van der Waals surface area contributed by atoms with Gasteiger partial charge < -0.3 is 29.2 Å². The van der Waals surface area contributed by atoms with Crippen LogP contribution < -0.4 is 24.4 Å². The number of carbonyl (C=O) groups is 2. The van der Waals surface area contributed by atoms with Crippen LogP contribution in [-0.4, -0.2) is 44.5 Å². The summed E-state index contributed by atoms with van der Waals surface area (Å²) in [5, 5.41) is 2.93. The Labute approximate surface area is 221 Å². The fraction of sp³-hybridized carbons (Fsp3) is 0.333. The summed E-state index contributed by atoms with van der Waals surface area (Å²) < 4.78 is 22.7. The van der Waals surface area contributed by atoms with Crippen molar-refractivity contribution in [3.63, 3.8) is 0 Å². The topological polar surface area (TPSA) is 86.3 Å². The largest absolute Gasteiger partial charge is 0.491 e. The highest BCUT2D eigenvalue weighted by Crippen LogP contribution is 2.55. The minimum Gasteiger partial charge on any atom is -0.491 e. The van der Waals surface area contributed by atoms with Crippen molar-refractivity contribution in [2.75, 3.05) is 31.5 Å². The van der Waals surface area contributed by atoms with Crippen LogP contribution in [-0.2, 0) is 21.5 Å². The Hall–Kier alpha value is -4.04. The molecule has 0 bridgehead atoms. The van der Waals surface area contributed by atoms with Gasteiger partial charge in [-0.2, -0.15) is 0 Å². The van der Waals surface area contributed by atoms with E-state index in [4.69, 9.17) is 18.9 Å². The van der Waals surface area contributed by atoms with Crippen molar-refractivity contribution in [3.8, 4) is 17.2 Å². The highest BCUT2D eigenvalue weighted by molar-refractivity contribution is 6.11. The van der Waals surface area contributed by atoms with Gasteiger partial charge in [0.05, 0.1) is 12.6 Å². The van der Waals surface area contributed by atoms with Gasteiger partial charge >= 0.3 is 0 Å². The number of hydrogen-bond acceptors (Lipinski definition) is 6. The molecule has 196 valence electrons. The van der Waals surface area contributed by atoms with Crippen molar-refractivity contribution >= 4 is 17.5 Å². The van der Waals surface area contributed by atoms with Crippen LogP contribution in [0.2, 0.25) is 0 Å². The predicted octanol–water partition coefficient (Wildman–Crippen LogP) is 4.19. The number of amides is 2. The molecule has 0 saturated carbocycles. The molecule has 3 heterocycles. The molecule has 38 heavy (non-hydrogen) atoms. The molecule has 8 heteroatoms. The predicted molar refractivity (Wildman–Crippen MR) is 141 cm³/mol. The minimum absolute atomic E-state index is 0.0400. The molecular formula is C30H30N2O6. The van der Waals surface area contributed by atoms with E-state index in [0.717, 1.165) is 28.8 Å². The van der Waals surface area contributed by atoms with Gasteiger partial charge in [0, 0.05) is 36.0 Å². The van der Waals surface area contributed by atoms with Crippen LogP contribution in [0.4, 0.5) is 5.69 Å². The van der Waals surface area contributed by atoms with Crippen LogP contribution in [0.25, 0.3) is 0 Å². The molecule has 3 aliphatic rings. The highest BCUT2D eigenvalue weighted by atomic mass is 16.7. The molecule has 2 amide bonds. The summed E-state index contributed by atoms with van der Waals surface area (Å²) in [4.78, 5) is 28.5. The quantitative estimate of drug-likeness (QED) is 0.454. The maximum absolute atomic E-state index is 14.1. The van der Waals surface area contributed by atoms with Crippen molar-refractivity contribution in [1.29, 1.82) is 0 Å². The van der Waals surface area contributed by atoms with Crippen LogP contribution in [0.3, 0.4) is 0 Å². The van der Waals surface area contributed by atoms with Gasteiger partial charge in [0.15, 0.2) is 11.5 Å². The Morgan fingerprint density at radius 3 is 2.55 bits per heavy atom. The van der Waals surface area contributed by atoms with Crippen molar-refractivity contribution in [1.82, 2.24) is 5.32 Å². The lowest BCUT2D eigenvalue weighted by molar-refractivity contribution is -0.122. The maximum Gasteiger partial charge on any atom is 0.251 e. The number of rotatable bonds is 8. The van der Waals surface area contributed by atoms with Gasteiger partial charge in [-0.3, -0.25) is 9.59 Å². The zero-order valence-corrected chi connectivity index (χ0v) is 21.5. The third-order valence-corrected chi connectivity index (χ3v) is 7.26. The van der Waals surface area contributed by atoms with Gasteiger partial charge in [0.25, 0.3) is 5.91 Å². The fourth-order valence-corrected chi connectivity index (χ4v) is 5.36. The molecule has 1 N–H and O–H groups in total. The monoisotopic (exact) mass is 514 g/mol. The lowest BCUT2D eigenvalue weighted by Gasteiger charge is -2.23. The van der Waals surface area contributed by atoms with Crippen LogP contribution in [0.5, 0.6) is 17.2 Å².